The number of pyridine rings is 1. The van der Waals surface area contributed by atoms with Crippen molar-refractivity contribution in [1.29, 1.82) is 0 Å². The molecule has 2 N–H and O–H groups in total. The molecule has 0 bridgehead atoms. The molecule has 0 radical (unpaired) electrons. The van der Waals surface area contributed by atoms with Gasteiger partial charge in [-0.15, -0.1) is 0 Å². The largest absolute Gasteiger partial charge is 0.478 e. The standard InChI is InChI=1S/C22H33N5O2/c1-3-23-22(25-16-18-10-11-24-21(15-18)28-4-2)26-17-19(20-9-8-14-29-20)27-12-6-5-7-13-27/h8-11,14-15,19H,3-7,12-13,16-17H2,1-2H3,(H2,23,25,26). The lowest BCUT2D eigenvalue weighted by molar-refractivity contribution is 0.146. The van der Waals surface area contributed by atoms with E-state index in [1.807, 2.05) is 25.1 Å². The molecule has 1 aliphatic heterocycles. The summed E-state index contributed by atoms with van der Waals surface area (Å²) in [7, 11) is 0. The lowest BCUT2D eigenvalue weighted by Crippen LogP contribution is -2.44. The average molecular weight is 400 g/mol. The van der Waals surface area contributed by atoms with Crippen LogP contribution in [0.3, 0.4) is 0 Å². The molecule has 1 fully saturated rings. The number of piperidine rings is 1. The highest BCUT2D eigenvalue weighted by Gasteiger charge is 2.24. The Hall–Kier alpha value is -2.54. The lowest BCUT2D eigenvalue weighted by Gasteiger charge is -2.33. The van der Waals surface area contributed by atoms with Crippen LogP contribution in [0.25, 0.3) is 0 Å². The Morgan fingerprint density at radius 3 is 2.83 bits per heavy atom. The van der Waals surface area contributed by atoms with Crippen LogP contribution in [0.1, 0.15) is 50.5 Å². The number of likely N-dealkylation sites (tertiary alicyclic amines) is 1. The average Bonchev–Trinajstić information content (AvgIpc) is 3.28. The van der Waals surface area contributed by atoms with Crippen molar-refractivity contribution >= 4 is 5.96 Å². The summed E-state index contributed by atoms with van der Waals surface area (Å²) in [5, 5.41) is 6.85. The molecule has 3 rings (SSSR count). The van der Waals surface area contributed by atoms with E-state index in [0.717, 1.165) is 43.5 Å². The van der Waals surface area contributed by atoms with Gasteiger partial charge in [0.1, 0.15) is 5.76 Å². The number of aromatic nitrogens is 1. The van der Waals surface area contributed by atoms with Gasteiger partial charge in [0, 0.05) is 25.4 Å². The Morgan fingerprint density at radius 1 is 1.24 bits per heavy atom. The molecule has 7 heteroatoms. The second-order valence-corrected chi connectivity index (χ2v) is 7.14. The first-order chi connectivity index (χ1) is 14.3. The van der Waals surface area contributed by atoms with Crippen molar-refractivity contribution in [2.45, 2.75) is 45.7 Å². The van der Waals surface area contributed by atoms with Gasteiger partial charge in [-0.3, -0.25) is 4.90 Å². The fourth-order valence-electron chi connectivity index (χ4n) is 3.60. The molecule has 1 unspecified atom stereocenters. The van der Waals surface area contributed by atoms with Gasteiger partial charge >= 0.3 is 0 Å². The summed E-state index contributed by atoms with van der Waals surface area (Å²) in [5.74, 6) is 2.45. The van der Waals surface area contributed by atoms with E-state index in [4.69, 9.17) is 14.1 Å². The SMILES string of the molecule is CCNC(=NCc1ccnc(OCC)c1)NCC(c1ccco1)N1CCCCC1. The third-order valence-electron chi connectivity index (χ3n) is 5.02. The van der Waals surface area contributed by atoms with Gasteiger partial charge in [0.15, 0.2) is 5.96 Å². The summed E-state index contributed by atoms with van der Waals surface area (Å²) in [6, 6.07) is 8.15. The van der Waals surface area contributed by atoms with Crippen LogP contribution >= 0.6 is 0 Å². The van der Waals surface area contributed by atoms with Gasteiger partial charge < -0.3 is 19.8 Å². The number of furan rings is 1. The van der Waals surface area contributed by atoms with Gasteiger partial charge in [0.05, 0.1) is 25.5 Å². The Morgan fingerprint density at radius 2 is 2.10 bits per heavy atom. The van der Waals surface area contributed by atoms with Gasteiger partial charge in [-0.1, -0.05) is 6.42 Å². The van der Waals surface area contributed by atoms with Gasteiger partial charge in [-0.05, 0) is 63.5 Å². The number of nitrogens with zero attached hydrogens (tertiary/aromatic N) is 3. The monoisotopic (exact) mass is 399 g/mol. The van der Waals surface area contributed by atoms with Gasteiger partial charge in [-0.2, -0.15) is 0 Å². The fraction of sp³-hybridized carbons (Fsp3) is 0.545. The zero-order valence-electron chi connectivity index (χ0n) is 17.6. The molecule has 7 nitrogen and oxygen atoms in total. The molecular formula is C22H33N5O2. The van der Waals surface area contributed by atoms with E-state index in [0.29, 0.717) is 19.0 Å². The Labute approximate surface area is 173 Å². The molecule has 158 valence electrons. The predicted molar refractivity (Wildman–Crippen MR) is 115 cm³/mol. The van der Waals surface area contributed by atoms with E-state index in [1.54, 1.807) is 12.5 Å². The van der Waals surface area contributed by atoms with Crippen LogP contribution in [0.15, 0.2) is 46.1 Å². The highest BCUT2D eigenvalue weighted by Crippen LogP contribution is 2.24. The highest BCUT2D eigenvalue weighted by molar-refractivity contribution is 5.79. The van der Waals surface area contributed by atoms with Crippen molar-refractivity contribution < 1.29 is 9.15 Å². The molecule has 2 aromatic rings. The fourth-order valence-corrected chi connectivity index (χ4v) is 3.60. The first-order valence-electron chi connectivity index (χ1n) is 10.7. The van der Waals surface area contributed by atoms with E-state index < -0.39 is 0 Å². The molecule has 0 amide bonds. The maximum Gasteiger partial charge on any atom is 0.213 e. The summed E-state index contributed by atoms with van der Waals surface area (Å²) in [4.78, 5) is 11.5. The molecule has 0 saturated carbocycles. The molecule has 0 aliphatic carbocycles. The zero-order chi connectivity index (χ0) is 20.3. The van der Waals surface area contributed by atoms with E-state index in [1.165, 1.54) is 19.3 Å². The van der Waals surface area contributed by atoms with Gasteiger partial charge in [0.2, 0.25) is 5.88 Å². The molecule has 0 spiro atoms. The van der Waals surface area contributed by atoms with Crippen LogP contribution in [0.5, 0.6) is 5.88 Å². The van der Waals surface area contributed by atoms with E-state index in [-0.39, 0.29) is 6.04 Å². The molecular weight excluding hydrogens is 366 g/mol. The van der Waals surface area contributed by atoms with Gasteiger partial charge in [0.25, 0.3) is 0 Å². The third-order valence-corrected chi connectivity index (χ3v) is 5.02. The normalized spacial score (nSPS) is 16.4. The lowest BCUT2D eigenvalue weighted by atomic mass is 10.1. The first kappa shape index (κ1) is 21.2. The molecule has 29 heavy (non-hydrogen) atoms. The van der Waals surface area contributed by atoms with Crippen molar-refractivity contribution in [3.8, 4) is 5.88 Å². The van der Waals surface area contributed by atoms with Crippen LogP contribution in [0.2, 0.25) is 0 Å². The Bertz CT molecular complexity index is 741. The Balaban J connectivity index is 1.64. The molecule has 1 saturated heterocycles. The molecule has 2 aromatic heterocycles. The van der Waals surface area contributed by atoms with Crippen molar-refractivity contribution in [2.24, 2.45) is 4.99 Å². The molecule has 3 heterocycles. The minimum Gasteiger partial charge on any atom is -0.478 e. The van der Waals surface area contributed by atoms with Gasteiger partial charge in [-0.25, -0.2) is 9.98 Å². The smallest absolute Gasteiger partial charge is 0.213 e. The van der Waals surface area contributed by atoms with Crippen molar-refractivity contribution in [2.75, 3.05) is 32.8 Å². The van der Waals surface area contributed by atoms with E-state index in [9.17, 15) is 0 Å². The summed E-state index contributed by atoms with van der Waals surface area (Å²) in [5.41, 5.74) is 1.07. The van der Waals surface area contributed by atoms with Crippen molar-refractivity contribution in [3.63, 3.8) is 0 Å². The van der Waals surface area contributed by atoms with Crippen LogP contribution < -0.4 is 15.4 Å². The Kier molecular flexibility index (Phi) is 8.37. The number of guanidine groups is 1. The number of hydrogen-bond acceptors (Lipinski definition) is 5. The second kappa shape index (κ2) is 11.5. The number of hydrogen-bond donors (Lipinski definition) is 2. The quantitative estimate of drug-likeness (QED) is 0.498. The number of nitrogens with one attached hydrogen (secondary N) is 2. The van der Waals surface area contributed by atoms with Crippen molar-refractivity contribution in [1.82, 2.24) is 20.5 Å². The first-order valence-corrected chi connectivity index (χ1v) is 10.7. The molecule has 0 aromatic carbocycles. The zero-order valence-corrected chi connectivity index (χ0v) is 17.6. The summed E-state index contributed by atoms with van der Waals surface area (Å²) < 4.78 is 11.2. The van der Waals surface area contributed by atoms with Crippen LogP contribution in [0, 0.1) is 0 Å². The summed E-state index contributed by atoms with van der Waals surface area (Å²) in [6.45, 7) is 8.97. The maximum atomic E-state index is 5.74. The maximum absolute atomic E-state index is 5.74. The summed E-state index contributed by atoms with van der Waals surface area (Å²) >= 11 is 0. The highest BCUT2D eigenvalue weighted by atomic mass is 16.5. The molecule has 1 atom stereocenters. The number of rotatable bonds is 9. The van der Waals surface area contributed by atoms with E-state index in [2.05, 4.69) is 33.5 Å². The van der Waals surface area contributed by atoms with E-state index >= 15 is 0 Å². The van der Waals surface area contributed by atoms with Crippen LogP contribution in [-0.4, -0.2) is 48.6 Å². The third kappa shape index (κ3) is 6.49. The van der Waals surface area contributed by atoms with Crippen molar-refractivity contribution in [3.05, 3.63) is 48.0 Å². The minimum absolute atomic E-state index is 0.208. The predicted octanol–water partition coefficient (Wildman–Crippen LogP) is 3.36. The second-order valence-electron chi connectivity index (χ2n) is 7.14. The van der Waals surface area contributed by atoms with Crippen LogP contribution in [0.4, 0.5) is 0 Å². The van der Waals surface area contributed by atoms with Crippen LogP contribution in [-0.2, 0) is 6.54 Å². The summed E-state index contributed by atoms with van der Waals surface area (Å²) in [6.07, 6.45) is 7.32. The molecule has 1 aliphatic rings. The number of aliphatic imine (C=N–C) groups is 1. The minimum atomic E-state index is 0.208. The number of ether oxygens (including phenoxy) is 1. The topological polar surface area (TPSA) is 74.9 Å².